The highest BCUT2D eigenvalue weighted by molar-refractivity contribution is 5.77. The Labute approximate surface area is 127 Å². The average Bonchev–Trinajstić information content (AvgIpc) is 2.84. The number of rotatable bonds is 5. The van der Waals surface area contributed by atoms with Gasteiger partial charge < -0.3 is 10.2 Å². The first kappa shape index (κ1) is 14.3. The number of hydrogen-bond donors (Lipinski definition) is 1. The van der Waals surface area contributed by atoms with Gasteiger partial charge in [-0.1, -0.05) is 49.4 Å². The van der Waals surface area contributed by atoms with Crippen LogP contribution >= 0.6 is 0 Å². The van der Waals surface area contributed by atoms with Crippen molar-refractivity contribution in [3.63, 3.8) is 0 Å². The normalized spacial score (nSPS) is 14.1. The molecule has 0 aliphatic heterocycles. The molecule has 1 atom stereocenters. The Bertz CT molecular complexity index is 631. The predicted octanol–water partition coefficient (Wildman–Crippen LogP) is 3.47. The largest absolute Gasteiger partial charge is 0.309 e. The van der Waals surface area contributed by atoms with Gasteiger partial charge in [-0.2, -0.15) is 0 Å². The number of nitrogens with zero attached hydrogens (tertiary/aromatic N) is 1. The van der Waals surface area contributed by atoms with Crippen molar-refractivity contribution in [2.24, 2.45) is 0 Å². The van der Waals surface area contributed by atoms with Crippen LogP contribution < -0.4 is 5.32 Å². The van der Waals surface area contributed by atoms with E-state index < -0.39 is 0 Å². The summed E-state index contributed by atoms with van der Waals surface area (Å²) in [5.41, 5.74) is 7.14. The zero-order valence-electron chi connectivity index (χ0n) is 13.2. The first-order valence-corrected chi connectivity index (χ1v) is 7.78. The first-order chi connectivity index (χ1) is 10.2. The van der Waals surface area contributed by atoms with E-state index in [9.17, 15) is 0 Å². The van der Waals surface area contributed by atoms with Crippen LogP contribution in [0.1, 0.15) is 29.7 Å². The van der Waals surface area contributed by atoms with Crippen LogP contribution in [0.2, 0.25) is 0 Å². The Balaban J connectivity index is 1.92. The third kappa shape index (κ3) is 2.87. The number of hydrogen-bond acceptors (Lipinski definition) is 2. The zero-order valence-corrected chi connectivity index (χ0v) is 13.2. The molecule has 1 aliphatic carbocycles. The van der Waals surface area contributed by atoms with Crippen molar-refractivity contribution in [2.45, 2.75) is 19.4 Å². The fourth-order valence-electron chi connectivity index (χ4n) is 3.28. The van der Waals surface area contributed by atoms with Gasteiger partial charge in [0, 0.05) is 12.6 Å². The summed E-state index contributed by atoms with van der Waals surface area (Å²) in [5.74, 6) is 0. The molecule has 0 saturated heterocycles. The highest BCUT2D eigenvalue weighted by atomic mass is 15.1. The highest BCUT2D eigenvalue weighted by Crippen LogP contribution is 2.37. The van der Waals surface area contributed by atoms with Gasteiger partial charge in [-0.05, 0) is 54.9 Å². The summed E-state index contributed by atoms with van der Waals surface area (Å²) in [6, 6.07) is 16.1. The van der Waals surface area contributed by atoms with Crippen molar-refractivity contribution < 1.29 is 0 Å². The van der Waals surface area contributed by atoms with Gasteiger partial charge in [0.15, 0.2) is 0 Å². The summed E-state index contributed by atoms with van der Waals surface area (Å²) in [4.78, 5) is 2.25. The van der Waals surface area contributed by atoms with Crippen molar-refractivity contribution >= 4 is 0 Å². The van der Waals surface area contributed by atoms with Gasteiger partial charge >= 0.3 is 0 Å². The molecule has 2 aromatic rings. The summed E-state index contributed by atoms with van der Waals surface area (Å²) < 4.78 is 0. The van der Waals surface area contributed by atoms with E-state index in [1.807, 2.05) is 0 Å². The van der Waals surface area contributed by atoms with Crippen LogP contribution in [-0.2, 0) is 6.42 Å². The zero-order chi connectivity index (χ0) is 14.8. The van der Waals surface area contributed by atoms with Gasteiger partial charge in [0.1, 0.15) is 0 Å². The van der Waals surface area contributed by atoms with E-state index in [0.29, 0.717) is 6.04 Å². The van der Waals surface area contributed by atoms with Gasteiger partial charge in [-0.25, -0.2) is 0 Å². The maximum absolute atomic E-state index is 3.60. The third-order valence-corrected chi connectivity index (χ3v) is 4.22. The Morgan fingerprint density at radius 3 is 2.57 bits per heavy atom. The molecule has 0 bridgehead atoms. The molecule has 2 heteroatoms. The van der Waals surface area contributed by atoms with Crippen molar-refractivity contribution in [2.75, 3.05) is 27.2 Å². The summed E-state index contributed by atoms with van der Waals surface area (Å²) in [5, 5.41) is 3.60. The molecule has 0 heterocycles. The van der Waals surface area contributed by atoms with E-state index in [1.54, 1.807) is 0 Å². The van der Waals surface area contributed by atoms with Gasteiger partial charge in [0.2, 0.25) is 0 Å². The molecule has 0 radical (unpaired) electrons. The van der Waals surface area contributed by atoms with Crippen LogP contribution in [0.3, 0.4) is 0 Å². The average molecular weight is 280 g/mol. The second kappa shape index (κ2) is 6.00. The lowest BCUT2D eigenvalue weighted by atomic mass is 9.99. The molecule has 1 unspecified atom stereocenters. The Kier molecular flexibility index (Phi) is 4.09. The molecule has 21 heavy (non-hydrogen) atoms. The van der Waals surface area contributed by atoms with Crippen LogP contribution in [0.5, 0.6) is 0 Å². The lowest BCUT2D eigenvalue weighted by molar-refractivity contribution is 0.345. The number of nitrogens with one attached hydrogen (secondary N) is 1. The van der Waals surface area contributed by atoms with E-state index in [-0.39, 0.29) is 0 Å². The molecule has 0 aromatic heterocycles. The van der Waals surface area contributed by atoms with Crippen LogP contribution in [0, 0.1) is 0 Å². The number of benzene rings is 2. The lowest BCUT2D eigenvalue weighted by Crippen LogP contribution is -2.31. The van der Waals surface area contributed by atoms with Crippen LogP contribution in [0.15, 0.2) is 42.5 Å². The van der Waals surface area contributed by atoms with Gasteiger partial charge in [-0.15, -0.1) is 0 Å². The summed E-state index contributed by atoms with van der Waals surface area (Å²) in [6.07, 6.45) is 1.07. The number of fused-ring (bicyclic) bond motifs is 3. The molecule has 1 aliphatic rings. The molecule has 0 fully saturated rings. The minimum atomic E-state index is 0.402. The smallest absolute Gasteiger partial charge is 0.0449 e. The van der Waals surface area contributed by atoms with Gasteiger partial charge in [0.25, 0.3) is 0 Å². The van der Waals surface area contributed by atoms with E-state index in [2.05, 4.69) is 73.7 Å². The minimum absolute atomic E-state index is 0.402. The summed E-state index contributed by atoms with van der Waals surface area (Å²) in [6.45, 7) is 4.20. The molecule has 0 amide bonds. The van der Waals surface area contributed by atoms with E-state index in [4.69, 9.17) is 0 Å². The maximum Gasteiger partial charge on any atom is 0.0449 e. The highest BCUT2D eigenvalue weighted by Gasteiger charge is 2.20. The first-order valence-electron chi connectivity index (χ1n) is 7.78. The fraction of sp³-hybridized carbons (Fsp3) is 0.368. The molecule has 0 spiro atoms. The SMILES string of the molecule is CCNC(CN(C)C)c1ccc2c(c1)Cc1ccccc1-2. The molecular weight excluding hydrogens is 256 g/mol. The third-order valence-electron chi connectivity index (χ3n) is 4.22. The fourth-order valence-corrected chi connectivity index (χ4v) is 3.28. The van der Waals surface area contributed by atoms with Gasteiger partial charge in [-0.3, -0.25) is 0 Å². The second-order valence-corrected chi connectivity index (χ2v) is 6.12. The standard InChI is InChI=1S/C19H24N2/c1-4-20-19(13-21(2)3)15-9-10-18-16(12-15)11-14-7-5-6-8-17(14)18/h5-10,12,19-20H,4,11,13H2,1-3H3. The van der Waals surface area contributed by atoms with Crippen LogP contribution in [0.25, 0.3) is 11.1 Å². The predicted molar refractivity (Wildman–Crippen MR) is 89.7 cm³/mol. The quantitative estimate of drug-likeness (QED) is 0.770. The maximum atomic E-state index is 3.60. The van der Waals surface area contributed by atoms with E-state index in [0.717, 1.165) is 19.5 Å². The van der Waals surface area contributed by atoms with Gasteiger partial charge in [0.05, 0.1) is 0 Å². The number of likely N-dealkylation sites (N-methyl/N-ethyl adjacent to an activating group) is 2. The Hall–Kier alpha value is -1.64. The van der Waals surface area contributed by atoms with Crippen molar-refractivity contribution in [3.05, 3.63) is 59.2 Å². The summed E-state index contributed by atoms with van der Waals surface area (Å²) in [7, 11) is 4.26. The second-order valence-electron chi connectivity index (χ2n) is 6.12. The Morgan fingerprint density at radius 1 is 1.05 bits per heavy atom. The van der Waals surface area contributed by atoms with E-state index >= 15 is 0 Å². The van der Waals surface area contributed by atoms with Crippen LogP contribution in [0.4, 0.5) is 0 Å². The Morgan fingerprint density at radius 2 is 1.81 bits per heavy atom. The lowest BCUT2D eigenvalue weighted by Gasteiger charge is -2.23. The molecular formula is C19H24N2. The monoisotopic (exact) mass is 280 g/mol. The minimum Gasteiger partial charge on any atom is -0.309 e. The molecule has 0 saturated carbocycles. The molecule has 1 N–H and O–H groups in total. The van der Waals surface area contributed by atoms with Crippen LogP contribution in [-0.4, -0.2) is 32.1 Å². The summed E-state index contributed by atoms with van der Waals surface area (Å²) >= 11 is 0. The van der Waals surface area contributed by atoms with E-state index in [1.165, 1.54) is 27.8 Å². The molecule has 110 valence electrons. The van der Waals surface area contributed by atoms with Crippen molar-refractivity contribution in [1.82, 2.24) is 10.2 Å². The van der Waals surface area contributed by atoms with Crippen molar-refractivity contribution in [3.8, 4) is 11.1 Å². The topological polar surface area (TPSA) is 15.3 Å². The molecule has 2 nitrogen and oxygen atoms in total. The van der Waals surface area contributed by atoms with Crippen molar-refractivity contribution in [1.29, 1.82) is 0 Å². The molecule has 3 rings (SSSR count). The molecule has 2 aromatic carbocycles.